The molecular weight excluding hydrogens is 216 g/mol. The first kappa shape index (κ1) is 13.3. The number of ether oxygens (including phenoxy) is 2. The van der Waals surface area contributed by atoms with E-state index in [0.717, 1.165) is 30.9 Å². The van der Waals surface area contributed by atoms with Crippen molar-refractivity contribution in [3.8, 4) is 0 Å². The predicted octanol–water partition coefficient (Wildman–Crippen LogP) is 3.63. The van der Waals surface area contributed by atoms with Gasteiger partial charge in [-0.15, -0.1) is 6.58 Å². The fraction of sp³-hybridized carbons (Fsp3) is 0.615. The SMILES string of the molecule is C=C=C(OC1CCCCO1)[Si](C)(C)CC=C. The quantitative estimate of drug-likeness (QED) is 0.315. The number of hydrogen-bond acceptors (Lipinski definition) is 2. The minimum Gasteiger partial charge on any atom is -0.467 e. The van der Waals surface area contributed by atoms with Crippen LogP contribution in [0.25, 0.3) is 0 Å². The van der Waals surface area contributed by atoms with Crippen molar-refractivity contribution in [2.24, 2.45) is 0 Å². The van der Waals surface area contributed by atoms with Gasteiger partial charge in [0.25, 0.3) is 0 Å². The Labute approximate surface area is 99.7 Å². The van der Waals surface area contributed by atoms with Crippen molar-refractivity contribution in [3.63, 3.8) is 0 Å². The zero-order valence-corrected chi connectivity index (χ0v) is 11.4. The Kier molecular flexibility index (Phi) is 5.06. The highest BCUT2D eigenvalue weighted by molar-refractivity contribution is 6.84. The highest BCUT2D eigenvalue weighted by atomic mass is 28.3. The van der Waals surface area contributed by atoms with Crippen LogP contribution in [-0.4, -0.2) is 21.0 Å². The van der Waals surface area contributed by atoms with Crippen LogP contribution < -0.4 is 0 Å². The molecule has 1 fully saturated rings. The minimum atomic E-state index is -1.59. The molecule has 3 heteroatoms. The molecule has 1 unspecified atom stereocenters. The van der Waals surface area contributed by atoms with Gasteiger partial charge < -0.3 is 9.47 Å². The molecule has 0 N–H and O–H groups in total. The Morgan fingerprint density at radius 3 is 2.81 bits per heavy atom. The summed E-state index contributed by atoms with van der Waals surface area (Å²) in [5.74, 6) is 0. The summed E-state index contributed by atoms with van der Waals surface area (Å²) in [6.07, 6.45) is 5.16. The van der Waals surface area contributed by atoms with Crippen molar-refractivity contribution in [2.45, 2.75) is 44.7 Å². The summed E-state index contributed by atoms with van der Waals surface area (Å²) in [6.45, 7) is 12.8. The molecule has 0 aromatic heterocycles. The Bertz CT molecular complexity index is 284. The standard InChI is InChI=1S/C13H22O2Si/c1-5-11-16(3,4)13(6-2)15-12-9-7-8-10-14-12/h5,12H,1-2,7-11H2,3-4H3. The largest absolute Gasteiger partial charge is 0.467 e. The summed E-state index contributed by atoms with van der Waals surface area (Å²) in [4.78, 5) is 0. The lowest BCUT2D eigenvalue weighted by atomic mass is 10.2. The van der Waals surface area contributed by atoms with E-state index in [-0.39, 0.29) is 6.29 Å². The van der Waals surface area contributed by atoms with Crippen LogP contribution in [-0.2, 0) is 9.47 Å². The second-order valence-corrected chi connectivity index (χ2v) is 9.43. The van der Waals surface area contributed by atoms with Gasteiger partial charge in [-0.2, -0.15) is 0 Å². The van der Waals surface area contributed by atoms with Gasteiger partial charge in [-0.25, -0.2) is 0 Å². The first-order valence-electron chi connectivity index (χ1n) is 5.90. The molecule has 1 saturated heterocycles. The van der Waals surface area contributed by atoms with Crippen LogP contribution in [0.1, 0.15) is 19.3 Å². The maximum Gasteiger partial charge on any atom is 0.199 e. The lowest BCUT2D eigenvalue weighted by Crippen LogP contribution is -2.33. The molecule has 90 valence electrons. The van der Waals surface area contributed by atoms with Crippen LogP contribution in [0.3, 0.4) is 0 Å². The monoisotopic (exact) mass is 238 g/mol. The molecule has 2 nitrogen and oxygen atoms in total. The molecule has 0 radical (unpaired) electrons. The van der Waals surface area contributed by atoms with E-state index in [1.54, 1.807) is 0 Å². The van der Waals surface area contributed by atoms with Gasteiger partial charge in [-0.3, -0.25) is 0 Å². The van der Waals surface area contributed by atoms with Gasteiger partial charge in [-0.05, 0) is 18.9 Å². The molecule has 0 aliphatic carbocycles. The lowest BCUT2D eigenvalue weighted by Gasteiger charge is -2.29. The molecule has 16 heavy (non-hydrogen) atoms. The zero-order chi connectivity index (χ0) is 12.0. The van der Waals surface area contributed by atoms with Crippen molar-refractivity contribution in [2.75, 3.05) is 6.61 Å². The first-order valence-corrected chi connectivity index (χ1v) is 9.10. The molecule has 0 saturated carbocycles. The summed E-state index contributed by atoms with van der Waals surface area (Å²) < 4.78 is 11.5. The Morgan fingerprint density at radius 1 is 1.56 bits per heavy atom. The van der Waals surface area contributed by atoms with Crippen LogP contribution in [0.5, 0.6) is 0 Å². The van der Waals surface area contributed by atoms with Gasteiger partial charge in [0, 0.05) is 6.42 Å². The molecule has 1 rings (SSSR count). The lowest BCUT2D eigenvalue weighted by molar-refractivity contribution is -0.133. The highest BCUT2D eigenvalue weighted by Gasteiger charge is 2.29. The Balaban J connectivity index is 2.61. The first-order chi connectivity index (χ1) is 7.60. The summed E-state index contributed by atoms with van der Waals surface area (Å²) in [5.41, 5.74) is 2.95. The van der Waals surface area contributed by atoms with Crippen molar-refractivity contribution in [1.82, 2.24) is 0 Å². The highest BCUT2D eigenvalue weighted by Crippen LogP contribution is 2.25. The number of rotatable bonds is 5. The second-order valence-electron chi connectivity index (χ2n) is 4.80. The fourth-order valence-electron chi connectivity index (χ4n) is 1.83. The topological polar surface area (TPSA) is 18.5 Å². The van der Waals surface area contributed by atoms with Crippen molar-refractivity contribution < 1.29 is 9.47 Å². The Morgan fingerprint density at radius 2 is 2.31 bits per heavy atom. The molecule has 0 spiro atoms. The second kappa shape index (κ2) is 6.09. The summed E-state index contributed by atoms with van der Waals surface area (Å²) >= 11 is 0. The van der Waals surface area contributed by atoms with E-state index in [9.17, 15) is 0 Å². The molecule has 1 aliphatic rings. The maximum atomic E-state index is 5.89. The Hall–Kier alpha value is -0.763. The predicted molar refractivity (Wildman–Crippen MR) is 69.8 cm³/mol. The van der Waals surface area contributed by atoms with Gasteiger partial charge in [-0.1, -0.05) is 31.5 Å². The smallest absolute Gasteiger partial charge is 0.199 e. The maximum absolute atomic E-state index is 5.89. The summed E-state index contributed by atoms with van der Waals surface area (Å²) in [5, 5.41) is 0.916. The van der Waals surface area contributed by atoms with E-state index in [2.05, 4.69) is 32.0 Å². The summed E-state index contributed by atoms with van der Waals surface area (Å²) in [7, 11) is -1.59. The van der Waals surface area contributed by atoms with Crippen LogP contribution in [0.2, 0.25) is 19.1 Å². The van der Waals surface area contributed by atoms with Gasteiger partial charge in [0.05, 0.1) is 6.61 Å². The van der Waals surface area contributed by atoms with Crippen LogP contribution >= 0.6 is 0 Å². The van der Waals surface area contributed by atoms with E-state index in [4.69, 9.17) is 9.47 Å². The van der Waals surface area contributed by atoms with Gasteiger partial charge >= 0.3 is 0 Å². The van der Waals surface area contributed by atoms with E-state index in [0.29, 0.717) is 0 Å². The van der Waals surface area contributed by atoms with Gasteiger partial charge in [0.2, 0.25) is 0 Å². The van der Waals surface area contributed by atoms with Crippen LogP contribution in [0.4, 0.5) is 0 Å². The zero-order valence-electron chi connectivity index (χ0n) is 10.4. The third-order valence-electron chi connectivity index (χ3n) is 2.82. The third kappa shape index (κ3) is 3.67. The fourth-order valence-corrected chi connectivity index (χ4v) is 3.67. The molecule has 0 aromatic rings. The average Bonchev–Trinajstić information content (AvgIpc) is 2.27. The molecule has 1 atom stereocenters. The van der Waals surface area contributed by atoms with Crippen molar-refractivity contribution >= 4 is 8.07 Å². The molecule has 0 amide bonds. The average molecular weight is 238 g/mol. The van der Waals surface area contributed by atoms with Gasteiger partial charge in [0.1, 0.15) is 13.5 Å². The van der Waals surface area contributed by atoms with Crippen LogP contribution in [0, 0.1) is 0 Å². The molecule has 0 bridgehead atoms. The molecule has 0 aromatic carbocycles. The van der Waals surface area contributed by atoms with E-state index in [1.807, 2.05) is 6.08 Å². The minimum absolute atomic E-state index is 0.0883. The van der Waals surface area contributed by atoms with Crippen LogP contribution in [0.15, 0.2) is 30.3 Å². The van der Waals surface area contributed by atoms with E-state index in [1.165, 1.54) is 6.42 Å². The van der Waals surface area contributed by atoms with E-state index >= 15 is 0 Å². The summed E-state index contributed by atoms with van der Waals surface area (Å²) in [6, 6.07) is 0.984. The van der Waals surface area contributed by atoms with E-state index < -0.39 is 8.07 Å². The normalized spacial score (nSPS) is 21.0. The van der Waals surface area contributed by atoms with Gasteiger partial charge in [0.15, 0.2) is 6.29 Å². The van der Waals surface area contributed by atoms with Crippen molar-refractivity contribution in [3.05, 3.63) is 30.3 Å². The number of allylic oxidation sites excluding steroid dienone is 1. The third-order valence-corrected chi connectivity index (χ3v) is 5.65. The van der Waals surface area contributed by atoms with Crippen molar-refractivity contribution in [1.29, 1.82) is 0 Å². The molecule has 1 aliphatic heterocycles. The molecule has 1 heterocycles. The number of hydrogen-bond donors (Lipinski definition) is 0. The molecular formula is C13H22O2Si.